The molecule has 0 radical (unpaired) electrons. The summed E-state index contributed by atoms with van der Waals surface area (Å²) in [5.74, 6) is 0.259. The molecule has 0 amide bonds. The minimum Gasteiger partial charge on any atom is -0.508 e. The molecule has 0 fully saturated rings. The highest BCUT2D eigenvalue weighted by Gasteiger charge is 2.00. The van der Waals surface area contributed by atoms with Crippen LogP contribution in [0.15, 0.2) is 40.1 Å². The van der Waals surface area contributed by atoms with Gasteiger partial charge in [0.2, 0.25) is 0 Å². The molecule has 2 aromatic rings. The summed E-state index contributed by atoms with van der Waals surface area (Å²) in [6, 6.07) is 9.00. The van der Waals surface area contributed by atoms with E-state index in [2.05, 4.69) is 25.3 Å². The molecule has 0 aromatic heterocycles. The maximum atomic E-state index is 9.27. The third-order valence-electron chi connectivity index (χ3n) is 1.90. The lowest BCUT2D eigenvalue weighted by Crippen LogP contribution is -1.76. The van der Waals surface area contributed by atoms with Gasteiger partial charge in [0, 0.05) is 9.79 Å². The van der Waals surface area contributed by atoms with Crippen molar-refractivity contribution in [1.29, 1.82) is 0 Å². The van der Waals surface area contributed by atoms with Crippen LogP contribution in [0.3, 0.4) is 0 Å². The largest absolute Gasteiger partial charge is 0.508 e. The Morgan fingerprint density at radius 3 is 2.54 bits per heavy atom. The average molecular weight is 208 g/mol. The van der Waals surface area contributed by atoms with E-state index in [0.717, 1.165) is 20.6 Å². The molecule has 66 valence electrons. The molecular formula is C10H8OS2. The van der Waals surface area contributed by atoms with Crippen LogP contribution in [-0.4, -0.2) is 5.11 Å². The van der Waals surface area contributed by atoms with Gasteiger partial charge < -0.3 is 5.11 Å². The fourth-order valence-electron chi connectivity index (χ4n) is 1.31. The monoisotopic (exact) mass is 208 g/mol. The number of phenols is 1. The van der Waals surface area contributed by atoms with Crippen LogP contribution >= 0.6 is 25.3 Å². The van der Waals surface area contributed by atoms with E-state index in [9.17, 15) is 5.11 Å². The number of thiol groups is 2. The first-order valence-corrected chi connectivity index (χ1v) is 4.71. The lowest BCUT2D eigenvalue weighted by Gasteiger charge is -2.03. The molecule has 13 heavy (non-hydrogen) atoms. The summed E-state index contributed by atoms with van der Waals surface area (Å²) in [4.78, 5) is 1.71. The second-order valence-corrected chi connectivity index (χ2v) is 3.87. The normalized spacial score (nSPS) is 10.6. The zero-order chi connectivity index (χ0) is 9.42. The van der Waals surface area contributed by atoms with Crippen LogP contribution < -0.4 is 0 Å². The average Bonchev–Trinajstić information content (AvgIpc) is 2.06. The van der Waals surface area contributed by atoms with Crippen LogP contribution in [-0.2, 0) is 0 Å². The Hall–Kier alpha value is -0.800. The highest BCUT2D eigenvalue weighted by Crippen LogP contribution is 2.28. The summed E-state index contributed by atoms with van der Waals surface area (Å²) in [6.07, 6.45) is 0. The number of hydrogen-bond donors (Lipinski definition) is 3. The third-order valence-corrected chi connectivity index (χ3v) is 2.53. The Morgan fingerprint density at radius 1 is 1.00 bits per heavy atom. The van der Waals surface area contributed by atoms with E-state index >= 15 is 0 Å². The SMILES string of the molecule is Oc1ccc2cc(S)cc(S)c2c1. The Morgan fingerprint density at radius 2 is 1.77 bits per heavy atom. The van der Waals surface area contributed by atoms with Crippen LogP contribution in [0.1, 0.15) is 0 Å². The minimum atomic E-state index is 0.259. The fourth-order valence-corrected chi connectivity index (χ4v) is 2.01. The lowest BCUT2D eigenvalue weighted by molar-refractivity contribution is 0.476. The van der Waals surface area contributed by atoms with E-state index < -0.39 is 0 Å². The summed E-state index contributed by atoms with van der Waals surface area (Å²) in [5.41, 5.74) is 0. The molecule has 0 heterocycles. The fraction of sp³-hybridized carbons (Fsp3) is 0. The standard InChI is InChI=1S/C10H8OS2/c11-7-2-1-6-3-8(12)5-10(13)9(6)4-7/h1-5,11-13H. The molecule has 1 nitrogen and oxygen atoms in total. The van der Waals surface area contributed by atoms with Crippen LogP contribution in [0.4, 0.5) is 0 Å². The summed E-state index contributed by atoms with van der Waals surface area (Å²) in [7, 11) is 0. The maximum Gasteiger partial charge on any atom is 0.116 e. The Bertz CT molecular complexity index is 466. The van der Waals surface area contributed by atoms with Crippen LogP contribution in [0, 0.1) is 0 Å². The molecule has 0 bridgehead atoms. The van der Waals surface area contributed by atoms with Crippen molar-refractivity contribution < 1.29 is 5.11 Å². The van der Waals surface area contributed by atoms with Gasteiger partial charge in [-0.1, -0.05) is 6.07 Å². The predicted molar refractivity (Wildman–Crippen MR) is 60.1 cm³/mol. The lowest BCUT2D eigenvalue weighted by atomic mass is 10.1. The molecule has 0 aliphatic heterocycles. The molecule has 0 saturated heterocycles. The van der Waals surface area contributed by atoms with Gasteiger partial charge in [-0.05, 0) is 35.0 Å². The highest BCUT2D eigenvalue weighted by atomic mass is 32.1. The van der Waals surface area contributed by atoms with Gasteiger partial charge >= 0.3 is 0 Å². The topological polar surface area (TPSA) is 20.2 Å². The Kier molecular flexibility index (Phi) is 2.14. The molecule has 0 spiro atoms. The van der Waals surface area contributed by atoms with Crippen molar-refractivity contribution in [3.63, 3.8) is 0 Å². The van der Waals surface area contributed by atoms with Gasteiger partial charge in [-0.15, -0.1) is 25.3 Å². The number of aromatic hydroxyl groups is 1. The minimum absolute atomic E-state index is 0.259. The van der Waals surface area contributed by atoms with Crippen LogP contribution in [0.2, 0.25) is 0 Å². The van der Waals surface area contributed by atoms with Gasteiger partial charge in [0.15, 0.2) is 0 Å². The van der Waals surface area contributed by atoms with Gasteiger partial charge in [-0.2, -0.15) is 0 Å². The molecule has 2 rings (SSSR count). The van der Waals surface area contributed by atoms with Crippen molar-refractivity contribution in [3.8, 4) is 5.75 Å². The van der Waals surface area contributed by atoms with Crippen molar-refractivity contribution in [2.75, 3.05) is 0 Å². The molecule has 3 heteroatoms. The number of hydrogen-bond acceptors (Lipinski definition) is 3. The third kappa shape index (κ3) is 1.62. The molecule has 0 aliphatic rings. The molecule has 0 unspecified atom stereocenters. The van der Waals surface area contributed by atoms with E-state index in [1.807, 2.05) is 18.2 Å². The predicted octanol–water partition coefficient (Wildman–Crippen LogP) is 3.12. The highest BCUT2D eigenvalue weighted by molar-refractivity contribution is 7.81. The number of benzene rings is 2. The Labute approximate surface area is 87.2 Å². The van der Waals surface area contributed by atoms with Crippen LogP contribution in [0.5, 0.6) is 5.75 Å². The molecule has 0 saturated carbocycles. The zero-order valence-corrected chi connectivity index (χ0v) is 8.52. The van der Waals surface area contributed by atoms with E-state index in [1.165, 1.54) is 0 Å². The molecule has 2 aromatic carbocycles. The van der Waals surface area contributed by atoms with Gasteiger partial charge in [-0.3, -0.25) is 0 Å². The molecule has 1 N–H and O–H groups in total. The quantitative estimate of drug-likeness (QED) is 0.568. The summed E-state index contributed by atoms with van der Waals surface area (Å²) >= 11 is 8.55. The zero-order valence-electron chi connectivity index (χ0n) is 6.73. The number of phenolic OH excluding ortho intramolecular Hbond substituents is 1. The summed E-state index contributed by atoms with van der Waals surface area (Å²) in [6.45, 7) is 0. The first-order chi connectivity index (χ1) is 6.16. The molecule has 0 aliphatic carbocycles. The first kappa shape index (κ1) is 8.78. The van der Waals surface area contributed by atoms with Crippen molar-refractivity contribution in [2.24, 2.45) is 0 Å². The first-order valence-electron chi connectivity index (χ1n) is 3.81. The second-order valence-electron chi connectivity index (χ2n) is 2.87. The second kappa shape index (κ2) is 3.16. The summed E-state index contributed by atoms with van der Waals surface area (Å²) < 4.78 is 0. The van der Waals surface area contributed by atoms with Crippen molar-refractivity contribution in [3.05, 3.63) is 30.3 Å². The molecule has 0 atom stereocenters. The van der Waals surface area contributed by atoms with Gasteiger partial charge in [0.1, 0.15) is 5.75 Å². The number of rotatable bonds is 0. The van der Waals surface area contributed by atoms with Crippen molar-refractivity contribution >= 4 is 36.0 Å². The number of fused-ring (bicyclic) bond motifs is 1. The van der Waals surface area contributed by atoms with E-state index in [-0.39, 0.29) is 5.75 Å². The van der Waals surface area contributed by atoms with Crippen LogP contribution in [0.25, 0.3) is 10.8 Å². The molecular weight excluding hydrogens is 200 g/mol. The van der Waals surface area contributed by atoms with Crippen molar-refractivity contribution in [2.45, 2.75) is 9.79 Å². The summed E-state index contributed by atoms with van der Waals surface area (Å²) in [5, 5.41) is 11.3. The van der Waals surface area contributed by atoms with E-state index in [0.29, 0.717) is 0 Å². The van der Waals surface area contributed by atoms with Gasteiger partial charge in [0.25, 0.3) is 0 Å². The maximum absolute atomic E-state index is 9.27. The van der Waals surface area contributed by atoms with E-state index in [1.54, 1.807) is 12.1 Å². The van der Waals surface area contributed by atoms with Crippen molar-refractivity contribution in [1.82, 2.24) is 0 Å². The van der Waals surface area contributed by atoms with Gasteiger partial charge in [0.05, 0.1) is 0 Å². The Balaban J connectivity index is 2.87. The smallest absolute Gasteiger partial charge is 0.116 e. The van der Waals surface area contributed by atoms with E-state index in [4.69, 9.17) is 0 Å². The van der Waals surface area contributed by atoms with Gasteiger partial charge in [-0.25, -0.2) is 0 Å².